The van der Waals surface area contributed by atoms with Gasteiger partial charge in [0.25, 0.3) is 0 Å². The van der Waals surface area contributed by atoms with Crippen molar-refractivity contribution in [3.05, 3.63) is 0 Å². The van der Waals surface area contributed by atoms with Crippen LogP contribution in [0.25, 0.3) is 0 Å². The Kier molecular flexibility index (Phi) is 560. The van der Waals surface area contributed by atoms with Crippen molar-refractivity contribution in [1.29, 1.82) is 0 Å². The minimum absolute atomic E-state index is 0. The SMILES string of the molecule is [Bi].[Er].[O-2].[O-2].[O-2].[W+6]. The fourth-order valence-electron chi connectivity index (χ4n) is 0. The van der Waals surface area contributed by atoms with E-state index in [1.54, 1.807) is 0 Å². The van der Waals surface area contributed by atoms with Crippen LogP contribution in [0.2, 0.25) is 0 Å². The molecule has 3 nitrogen and oxygen atoms in total. The second kappa shape index (κ2) is 47.4. The zero-order chi connectivity index (χ0) is 0. The summed E-state index contributed by atoms with van der Waals surface area (Å²) in [5, 5.41) is 0. The normalized spacial score (nSPS) is 0. The topological polar surface area (TPSA) is 85.5 Å². The molecule has 0 spiro atoms. The van der Waals surface area contributed by atoms with Gasteiger partial charge >= 0.3 is 21.1 Å². The van der Waals surface area contributed by atoms with E-state index in [0.717, 1.165) is 0 Å². The van der Waals surface area contributed by atoms with E-state index in [0.29, 0.717) is 0 Å². The van der Waals surface area contributed by atoms with E-state index >= 15 is 0 Å². The second-order valence-corrected chi connectivity index (χ2v) is 0. The van der Waals surface area contributed by atoms with E-state index in [1.165, 1.54) is 0 Å². The van der Waals surface area contributed by atoms with E-state index in [4.69, 9.17) is 0 Å². The maximum absolute atomic E-state index is 0. The molecule has 0 aromatic rings. The van der Waals surface area contributed by atoms with Crippen molar-refractivity contribution in [3.8, 4) is 0 Å². The summed E-state index contributed by atoms with van der Waals surface area (Å²) < 4.78 is 0. The first-order chi connectivity index (χ1) is 0. The molecule has 0 aliphatic rings. The molecule has 0 heterocycles. The number of hydrogen-bond acceptors (Lipinski definition) is 0. The van der Waals surface area contributed by atoms with Crippen molar-refractivity contribution in [1.82, 2.24) is 0 Å². The van der Waals surface area contributed by atoms with E-state index < -0.39 is 0 Å². The molecule has 41 valence electrons. The third-order valence-electron chi connectivity index (χ3n) is 0. The van der Waals surface area contributed by atoms with Crippen molar-refractivity contribution in [3.63, 3.8) is 0 Å². The molecule has 0 amide bonds. The van der Waals surface area contributed by atoms with Gasteiger partial charge in [0.2, 0.25) is 0 Å². The Morgan fingerprint density at radius 2 is 0.667 bits per heavy atom. The summed E-state index contributed by atoms with van der Waals surface area (Å²) >= 11 is 0. The molecule has 0 rings (SSSR count). The molecule has 0 aliphatic heterocycles. The maximum Gasteiger partial charge on any atom is 6.00 e. The van der Waals surface area contributed by atoms with Crippen molar-refractivity contribution < 1.29 is 74.8 Å². The zero-order valence-corrected chi connectivity index (χ0v) is 10.6. The standard InChI is InChI=1S/Bi.Er.3O.W/q;;3*-2;+6. The monoisotopic (exact) mass is 607 g/mol. The molecule has 0 bridgehead atoms. The molecular formula is BiErO3W. The van der Waals surface area contributed by atoms with Crippen LogP contribution in [0.1, 0.15) is 0 Å². The van der Waals surface area contributed by atoms with Crippen molar-refractivity contribution in [2.75, 3.05) is 0 Å². The Bertz CT molecular complexity index is 10.8. The second-order valence-electron chi connectivity index (χ2n) is 0. The van der Waals surface area contributed by atoms with Crippen molar-refractivity contribution >= 4 is 26.2 Å². The van der Waals surface area contributed by atoms with Gasteiger partial charge in [-0.3, -0.25) is 0 Å². The van der Waals surface area contributed by atoms with Crippen LogP contribution in [0.4, 0.5) is 0 Å². The average molecular weight is 608 g/mol. The summed E-state index contributed by atoms with van der Waals surface area (Å²) in [5.41, 5.74) is 0. The van der Waals surface area contributed by atoms with Crippen LogP contribution >= 0.6 is 0 Å². The van der Waals surface area contributed by atoms with Crippen LogP contribution in [0, 0.1) is 37.3 Å². The molecule has 0 N–H and O–H groups in total. The predicted octanol–water partition coefficient (Wildman–Crippen LogP) is -0.740. The van der Waals surface area contributed by atoms with E-state index in [9.17, 15) is 0 Å². The molecule has 0 fully saturated rings. The summed E-state index contributed by atoms with van der Waals surface area (Å²) in [6, 6.07) is 0. The first-order valence-electron chi connectivity index (χ1n) is 0. The molecular weight excluding hydrogens is 608 g/mol. The fourth-order valence-corrected chi connectivity index (χ4v) is 0. The fraction of sp³-hybridized carbons (Fsp3) is 0. The van der Waals surface area contributed by atoms with Gasteiger partial charge in [0, 0.05) is 63.5 Å². The van der Waals surface area contributed by atoms with Gasteiger partial charge < -0.3 is 16.4 Å². The Morgan fingerprint density at radius 1 is 0.667 bits per heavy atom. The summed E-state index contributed by atoms with van der Waals surface area (Å²) in [6.07, 6.45) is 0. The largest absolute Gasteiger partial charge is 6.00 e. The molecule has 0 saturated carbocycles. The molecule has 0 atom stereocenters. The van der Waals surface area contributed by atoms with Gasteiger partial charge in [0.1, 0.15) is 0 Å². The Balaban J connectivity index is 0. The molecule has 6 heavy (non-hydrogen) atoms. The van der Waals surface area contributed by atoms with Crippen LogP contribution in [0.15, 0.2) is 0 Å². The molecule has 0 aromatic carbocycles. The molecule has 0 saturated heterocycles. The van der Waals surface area contributed by atoms with Crippen LogP contribution in [-0.4, -0.2) is 26.2 Å². The van der Waals surface area contributed by atoms with Gasteiger partial charge in [0.15, 0.2) is 0 Å². The Morgan fingerprint density at radius 3 is 0.667 bits per heavy atom. The molecule has 0 unspecified atom stereocenters. The maximum atomic E-state index is 0. The molecule has 0 aliphatic carbocycles. The van der Waals surface area contributed by atoms with Gasteiger partial charge in [-0.05, 0) is 0 Å². The number of hydrogen-bond donors (Lipinski definition) is 0. The van der Waals surface area contributed by atoms with Crippen LogP contribution in [0.5, 0.6) is 0 Å². The van der Waals surface area contributed by atoms with Gasteiger partial charge in [-0.1, -0.05) is 0 Å². The summed E-state index contributed by atoms with van der Waals surface area (Å²) in [5.74, 6) is 0. The van der Waals surface area contributed by atoms with Crippen molar-refractivity contribution in [2.24, 2.45) is 0 Å². The third-order valence-corrected chi connectivity index (χ3v) is 0. The van der Waals surface area contributed by atoms with Crippen LogP contribution < -0.4 is 0 Å². The summed E-state index contributed by atoms with van der Waals surface area (Å²) in [4.78, 5) is 0. The molecule has 0 aromatic heterocycles. The smallest absolute Gasteiger partial charge is 2.00 e. The van der Waals surface area contributed by atoms with E-state index in [2.05, 4.69) is 0 Å². The first kappa shape index (κ1) is 70.8. The van der Waals surface area contributed by atoms with E-state index in [1.807, 2.05) is 0 Å². The predicted molar refractivity (Wildman–Crippen MR) is 7.81 cm³/mol. The van der Waals surface area contributed by atoms with Gasteiger partial charge in [0.05, 0.1) is 0 Å². The van der Waals surface area contributed by atoms with Crippen LogP contribution in [-0.2, 0) is 37.5 Å². The zero-order valence-electron chi connectivity index (χ0n) is 2.37. The average Bonchev–Trinajstić information content (AvgIpc) is 0. The number of rotatable bonds is 0. The Labute approximate surface area is 99.2 Å². The third kappa shape index (κ3) is 29.9. The Hall–Kier alpha value is 2.70. The van der Waals surface area contributed by atoms with Gasteiger partial charge in [-0.15, -0.1) is 0 Å². The van der Waals surface area contributed by atoms with Crippen LogP contribution in [0.3, 0.4) is 0 Å². The summed E-state index contributed by atoms with van der Waals surface area (Å²) in [7, 11) is 0. The van der Waals surface area contributed by atoms with E-state index in [-0.39, 0.29) is 101 Å². The molecule has 6 heteroatoms. The minimum Gasteiger partial charge on any atom is -2.00 e. The van der Waals surface area contributed by atoms with Gasteiger partial charge in [-0.2, -0.15) is 0 Å². The van der Waals surface area contributed by atoms with Crippen molar-refractivity contribution in [2.45, 2.75) is 0 Å². The minimum atomic E-state index is 0. The first-order valence-corrected chi connectivity index (χ1v) is 0. The molecule has 3 radical (unpaired) electrons. The summed E-state index contributed by atoms with van der Waals surface area (Å²) in [6.45, 7) is 0. The quantitative estimate of drug-likeness (QED) is 0.325. The van der Waals surface area contributed by atoms with Gasteiger partial charge in [-0.25, -0.2) is 0 Å².